The van der Waals surface area contributed by atoms with Gasteiger partial charge in [0.15, 0.2) is 22.9 Å². The van der Waals surface area contributed by atoms with Gasteiger partial charge in [-0.15, -0.1) is 0 Å². The van der Waals surface area contributed by atoms with Crippen molar-refractivity contribution in [1.29, 1.82) is 0 Å². The molecule has 1 unspecified atom stereocenters. The molecule has 1 aliphatic carbocycles. The van der Waals surface area contributed by atoms with Crippen molar-refractivity contribution in [3.8, 4) is 11.5 Å². The van der Waals surface area contributed by atoms with Gasteiger partial charge < -0.3 is 4.52 Å². The minimum absolute atomic E-state index is 0.173. The third kappa shape index (κ3) is 4.71. The molecule has 0 bridgehead atoms. The first-order valence-corrected chi connectivity index (χ1v) is 10.9. The van der Waals surface area contributed by atoms with Crippen molar-refractivity contribution < 1.29 is 9.32 Å². The largest absolute Gasteiger partial charge is 0.360 e. The Kier molecular flexibility index (Phi) is 8.49. The predicted octanol–water partition coefficient (Wildman–Crippen LogP) is 5.55. The van der Waals surface area contributed by atoms with Crippen LogP contribution in [0.3, 0.4) is 0 Å². The summed E-state index contributed by atoms with van der Waals surface area (Å²) in [7, 11) is 0. The maximum atomic E-state index is 12.5. The highest BCUT2D eigenvalue weighted by Gasteiger charge is 2.33. The van der Waals surface area contributed by atoms with Crippen molar-refractivity contribution in [3.63, 3.8) is 0 Å². The number of H-pyrrole nitrogens is 1. The van der Waals surface area contributed by atoms with E-state index in [1.807, 2.05) is 34.6 Å². The summed E-state index contributed by atoms with van der Waals surface area (Å²) in [5.74, 6) is 1.30. The average Bonchev–Trinajstić information content (AvgIpc) is 3.38. The van der Waals surface area contributed by atoms with E-state index < -0.39 is 0 Å². The summed E-state index contributed by atoms with van der Waals surface area (Å²) in [6, 6.07) is 0. The number of rotatable bonds is 5. The number of nitrogens with one attached hydrogen (secondary N) is 1. The first kappa shape index (κ1) is 22.7. The molecule has 29 heavy (non-hydrogen) atoms. The molecule has 158 valence electrons. The molecule has 0 saturated carbocycles. The molecule has 1 atom stereocenters. The van der Waals surface area contributed by atoms with E-state index in [2.05, 4.69) is 32.2 Å². The molecular formula is C22H33N5O2. The van der Waals surface area contributed by atoms with Gasteiger partial charge in [-0.05, 0) is 32.6 Å². The second kappa shape index (κ2) is 10.8. The third-order valence-corrected chi connectivity index (χ3v) is 4.93. The zero-order valence-corrected chi connectivity index (χ0v) is 18.5. The lowest BCUT2D eigenvalue weighted by Crippen LogP contribution is -2.17. The van der Waals surface area contributed by atoms with Gasteiger partial charge in [0.05, 0.1) is 11.3 Å². The van der Waals surface area contributed by atoms with E-state index >= 15 is 0 Å². The second-order valence-corrected chi connectivity index (χ2v) is 6.67. The van der Waals surface area contributed by atoms with Gasteiger partial charge >= 0.3 is 0 Å². The van der Waals surface area contributed by atoms with Gasteiger partial charge in [0.2, 0.25) is 0 Å². The van der Waals surface area contributed by atoms with Crippen molar-refractivity contribution in [2.45, 2.75) is 86.0 Å². The molecule has 3 aromatic heterocycles. The van der Waals surface area contributed by atoms with Gasteiger partial charge in [-0.3, -0.25) is 9.89 Å². The van der Waals surface area contributed by atoms with Crippen LogP contribution in [0, 0.1) is 6.92 Å². The zero-order valence-electron chi connectivity index (χ0n) is 18.5. The third-order valence-electron chi connectivity index (χ3n) is 4.93. The first-order chi connectivity index (χ1) is 14.2. The molecule has 0 fully saturated rings. The standard InChI is InChI=1S/C18H21N5O2.2C2H6/c1-3-4-8-14(24)11-6-5-7-12-15(23-25-16(11)12)18-19-9-13-10(2)21-22-17(13)20-18;2*1-2/h9,11H,3-8H2,1-2H3,(H,19,20,21,22);2*1-2H3. The van der Waals surface area contributed by atoms with Gasteiger partial charge in [-0.1, -0.05) is 46.2 Å². The minimum Gasteiger partial charge on any atom is -0.360 e. The van der Waals surface area contributed by atoms with Crippen LogP contribution in [0.5, 0.6) is 0 Å². The Morgan fingerprint density at radius 2 is 2.03 bits per heavy atom. The van der Waals surface area contributed by atoms with Gasteiger partial charge in [-0.25, -0.2) is 9.97 Å². The van der Waals surface area contributed by atoms with E-state index in [0.717, 1.165) is 48.7 Å². The number of fused-ring (bicyclic) bond motifs is 2. The SMILES string of the molecule is CC.CC.CCCCC(=O)C1CCCc2c(-c3ncc4c(C)[nH]nc4n3)noc21. The number of hydrogen-bond donors (Lipinski definition) is 1. The molecule has 0 saturated heterocycles. The van der Waals surface area contributed by atoms with Gasteiger partial charge in [0, 0.05) is 23.9 Å². The van der Waals surface area contributed by atoms with Crippen molar-refractivity contribution >= 4 is 16.8 Å². The van der Waals surface area contributed by atoms with Crippen LogP contribution < -0.4 is 0 Å². The Morgan fingerprint density at radius 1 is 1.28 bits per heavy atom. The normalized spacial score (nSPS) is 15.0. The number of carbonyl (C=O) groups excluding carboxylic acids is 1. The lowest BCUT2D eigenvalue weighted by Gasteiger charge is -2.19. The molecule has 0 spiro atoms. The number of nitrogens with zero attached hydrogens (tertiary/aromatic N) is 4. The van der Waals surface area contributed by atoms with Crippen molar-refractivity contribution in [1.82, 2.24) is 25.3 Å². The summed E-state index contributed by atoms with van der Waals surface area (Å²) >= 11 is 0. The summed E-state index contributed by atoms with van der Waals surface area (Å²) < 4.78 is 5.59. The first-order valence-electron chi connectivity index (χ1n) is 10.9. The molecule has 3 heterocycles. The fourth-order valence-electron chi connectivity index (χ4n) is 3.49. The maximum absolute atomic E-state index is 12.5. The summed E-state index contributed by atoms with van der Waals surface area (Å²) in [6.07, 6.45) is 6.92. The summed E-state index contributed by atoms with van der Waals surface area (Å²) in [6.45, 7) is 12.0. The van der Waals surface area contributed by atoms with Gasteiger partial charge in [0.1, 0.15) is 5.78 Å². The summed E-state index contributed by atoms with van der Waals surface area (Å²) in [5, 5.41) is 12.2. The van der Waals surface area contributed by atoms with Gasteiger partial charge in [0.25, 0.3) is 0 Å². The lowest BCUT2D eigenvalue weighted by molar-refractivity contribution is -0.121. The molecule has 1 N–H and O–H groups in total. The second-order valence-electron chi connectivity index (χ2n) is 6.67. The molecular weight excluding hydrogens is 366 g/mol. The number of ketones is 1. The number of aromatic amines is 1. The van der Waals surface area contributed by atoms with E-state index in [-0.39, 0.29) is 11.7 Å². The number of Topliss-reactive ketones (excluding diaryl/α,β-unsaturated/α-hetero) is 1. The van der Waals surface area contributed by atoms with Crippen molar-refractivity contribution in [3.05, 3.63) is 23.2 Å². The molecule has 0 radical (unpaired) electrons. The topological polar surface area (TPSA) is 97.6 Å². The number of carbonyl (C=O) groups is 1. The molecule has 7 heteroatoms. The highest BCUT2D eigenvalue weighted by atomic mass is 16.5. The van der Waals surface area contributed by atoms with Crippen LogP contribution in [0.1, 0.15) is 89.7 Å². The predicted molar refractivity (Wildman–Crippen MR) is 115 cm³/mol. The van der Waals surface area contributed by atoms with E-state index in [1.165, 1.54) is 0 Å². The number of aryl methyl sites for hydroxylation is 1. The highest BCUT2D eigenvalue weighted by molar-refractivity contribution is 5.86. The lowest BCUT2D eigenvalue weighted by atomic mass is 9.83. The van der Waals surface area contributed by atoms with Crippen molar-refractivity contribution in [2.24, 2.45) is 0 Å². The summed E-state index contributed by atoms with van der Waals surface area (Å²) in [4.78, 5) is 21.4. The van der Waals surface area contributed by atoms with Crippen LogP contribution >= 0.6 is 0 Å². The maximum Gasteiger partial charge on any atom is 0.184 e. The number of hydrogen-bond acceptors (Lipinski definition) is 6. The number of unbranched alkanes of at least 4 members (excludes halogenated alkanes) is 1. The van der Waals surface area contributed by atoms with E-state index in [0.29, 0.717) is 29.3 Å². The molecule has 0 aromatic carbocycles. The smallest absolute Gasteiger partial charge is 0.184 e. The van der Waals surface area contributed by atoms with Crippen LogP contribution in [0.15, 0.2) is 10.7 Å². The number of aromatic nitrogens is 5. The van der Waals surface area contributed by atoms with Crippen LogP contribution in [0.4, 0.5) is 0 Å². The monoisotopic (exact) mass is 399 g/mol. The average molecular weight is 400 g/mol. The molecule has 7 nitrogen and oxygen atoms in total. The Morgan fingerprint density at radius 3 is 2.76 bits per heavy atom. The molecule has 3 aromatic rings. The molecule has 1 aliphatic rings. The Bertz CT molecular complexity index is 929. The Hall–Kier alpha value is -2.57. The van der Waals surface area contributed by atoms with Crippen LogP contribution in [-0.4, -0.2) is 31.1 Å². The van der Waals surface area contributed by atoms with E-state index in [1.54, 1.807) is 6.20 Å². The minimum atomic E-state index is -0.173. The fourth-order valence-corrected chi connectivity index (χ4v) is 3.49. The van der Waals surface area contributed by atoms with Crippen LogP contribution in [0.25, 0.3) is 22.6 Å². The fraction of sp³-hybridized carbons (Fsp3) is 0.591. The van der Waals surface area contributed by atoms with Gasteiger partial charge in [-0.2, -0.15) is 5.10 Å². The molecule has 4 rings (SSSR count). The highest BCUT2D eigenvalue weighted by Crippen LogP contribution is 2.38. The van der Waals surface area contributed by atoms with Crippen LogP contribution in [0.2, 0.25) is 0 Å². The summed E-state index contributed by atoms with van der Waals surface area (Å²) in [5.41, 5.74) is 3.18. The molecule has 0 aliphatic heterocycles. The van der Waals surface area contributed by atoms with E-state index in [9.17, 15) is 4.79 Å². The van der Waals surface area contributed by atoms with Crippen LogP contribution in [-0.2, 0) is 11.2 Å². The van der Waals surface area contributed by atoms with Crippen molar-refractivity contribution in [2.75, 3.05) is 0 Å². The Labute approximate surface area is 172 Å². The van der Waals surface area contributed by atoms with E-state index in [4.69, 9.17) is 4.52 Å². The quantitative estimate of drug-likeness (QED) is 0.604. The Balaban J connectivity index is 0.000000707. The zero-order chi connectivity index (χ0) is 21.4. The molecule has 0 amide bonds.